The number of unbranched alkanes of at least 4 members (excludes halogenated alkanes) is 3. The standard InChI is InChI=1S/C17H26N2/c1-14(2)9-6-4-5-7-12-19-17-15(3)10-8-11-16(17)13-18/h8,10-11,14,19H,4-7,9,12H2,1-3H3. The lowest BCUT2D eigenvalue weighted by Crippen LogP contribution is -2.05. The van der Waals surface area contributed by atoms with Gasteiger partial charge in [-0.3, -0.25) is 0 Å². The second-order valence-corrected chi connectivity index (χ2v) is 5.63. The van der Waals surface area contributed by atoms with E-state index in [0.717, 1.165) is 29.3 Å². The maximum Gasteiger partial charge on any atom is 0.101 e. The third kappa shape index (κ3) is 5.79. The van der Waals surface area contributed by atoms with Crippen molar-refractivity contribution in [3.05, 3.63) is 29.3 Å². The molecule has 0 saturated carbocycles. The minimum absolute atomic E-state index is 0.750. The summed E-state index contributed by atoms with van der Waals surface area (Å²) in [5.41, 5.74) is 2.91. The molecule has 0 bridgehead atoms. The Morgan fingerprint density at radius 3 is 2.58 bits per heavy atom. The fourth-order valence-electron chi connectivity index (χ4n) is 2.24. The van der Waals surface area contributed by atoms with Crippen LogP contribution in [0.3, 0.4) is 0 Å². The monoisotopic (exact) mass is 258 g/mol. The lowest BCUT2D eigenvalue weighted by atomic mass is 10.0. The summed E-state index contributed by atoms with van der Waals surface area (Å²) in [6, 6.07) is 8.10. The molecule has 2 nitrogen and oxygen atoms in total. The molecule has 0 aromatic heterocycles. The number of benzene rings is 1. The van der Waals surface area contributed by atoms with Gasteiger partial charge in [0.05, 0.1) is 11.3 Å². The summed E-state index contributed by atoms with van der Waals surface area (Å²) in [6.45, 7) is 7.57. The Hall–Kier alpha value is -1.49. The minimum atomic E-state index is 0.750. The molecule has 0 aliphatic heterocycles. The number of nitriles is 1. The van der Waals surface area contributed by atoms with Gasteiger partial charge in [0.2, 0.25) is 0 Å². The van der Waals surface area contributed by atoms with Crippen molar-refractivity contribution in [2.24, 2.45) is 5.92 Å². The average molecular weight is 258 g/mol. The van der Waals surface area contributed by atoms with E-state index in [4.69, 9.17) is 5.26 Å². The van der Waals surface area contributed by atoms with Crippen molar-refractivity contribution >= 4 is 5.69 Å². The van der Waals surface area contributed by atoms with E-state index >= 15 is 0 Å². The molecule has 19 heavy (non-hydrogen) atoms. The van der Waals surface area contributed by atoms with E-state index in [-0.39, 0.29) is 0 Å². The quantitative estimate of drug-likeness (QED) is 0.674. The molecule has 1 N–H and O–H groups in total. The molecule has 0 aliphatic rings. The fourth-order valence-corrected chi connectivity index (χ4v) is 2.24. The van der Waals surface area contributed by atoms with Gasteiger partial charge in [-0.15, -0.1) is 0 Å². The first-order chi connectivity index (χ1) is 9.15. The highest BCUT2D eigenvalue weighted by Gasteiger charge is 2.03. The van der Waals surface area contributed by atoms with Crippen LogP contribution in [0.5, 0.6) is 0 Å². The molecule has 0 amide bonds. The van der Waals surface area contributed by atoms with E-state index in [9.17, 15) is 0 Å². The molecule has 0 atom stereocenters. The molecule has 0 saturated heterocycles. The molecule has 0 aliphatic carbocycles. The second kappa shape index (κ2) is 8.58. The summed E-state index contributed by atoms with van der Waals surface area (Å²) >= 11 is 0. The van der Waals surface area contributed by atoms with Crippen LogP contribution in [0.2, 0.25) is 0 Å². The number of nitrogens with one attached hydrogen (secondary N) is 1. The van der Waals surface area contributed by atoms with Crippen molar-refractivity contribution in [1.29, 1.82) is 5.26 Å². The highest BCUT2D eigenvalue weighted by molar-refractivity contribution is 5.62. The summed E-state index contributed by atoms with van der Waals surface area (Å²) in [4.78, 5) is 0. The predicted octanol–water partition coefficient (Wildman–Crippen LogP) is 4.89. The minimum Gasteiger partial charge on any atom is -0.384 e. The van der Waals surface area contributed by atoms with E-state index in [1.165, 1.54) is 32.1 Å². The number of nitrogens with zero attached hydrogens (tertiary/aromatic N) is 1. The summed E-state index contributed by atoms with van der Waals surface area (Å²) in [5.74, 6) is 0.822. The van der Waals surface area contributed by atoms with Gasteiger partial charge in [0, 0.05) is 6.54 Å². The van der Waals surface area contributed by atoms with Crippen LogP contribution in [-0.2, 0) is 0 Å². The molecule has 0 heterocycles. The Labute approximate surface area is 117 Å². The van der Waals surface area contributed by atoms with Gasteiger partial charge in [0.1, 0.15) is 6.07 Å². The molecule has 0 unspecified atom stereocenters. The number of hydrogen-bond donors (Lipinski definition) is 1. The largest absolute Gasteiger partial charge is 0.384 e. The molecule has 1 rings (SSSR count). The normalized spacial score (nSPS) is 10.5. The fraction of sp³-hybridized carbons (Fsp3) is 0.588. The smallest absolute Gasteiger partial charge is 0.101 e. The Morgan fingerprint density at radius 2 is 1.89 bits per heavy atom. The predicted molar refractivity (Wildman–Crippen MR) is 82.3 cm³/mol. The topological polar surface area (TPSA) is 35.8 Å². The van der Waals surface area contributed by atoms with Gasteiger partial charge in [-0.2, -0.15) is 5.26 Å². The number of aryl methyl sites for hydroxylation is 1. The van der Waals surface area contributed by atoms with Gasteiger partial charge in [-0.25, -0.2) is 0 Å². The van der Waals surface area contributed by atoms with Crippen LogP contribution in [0.15, 0.2) is 18.2 Å². The first-order valence-electron chi connectivity index (χ1n) is 7.38. The van der Waals surface area contributed by atoms with Crippen LogP contribution in [0.4, 0.5) is 5.69 Å². The molecule has 104 valence electrons. The van der Waals surface area contributed by atoms with E-state index in [1.54, 1.807) is 0 Å². The Morgan fingerprint density at radius 1 is 1.16 bits per heavy atom. The second-order valence-electron chi connectivity index (χ2n) is 5.63. The SMILES string of the molecule is Cc1cccc(C#N)c1NCCCCCCC(C)C. The van der Waals surface area contributed by atoms with E-state index in [1.807, 2.05) is 25.1 Å². The van der Waals surface area contributed by atoms with Gasteiger partial charge in [-0.05, 0) is 30.9 Å². The van der Waals surface area contributed by atoms with Crippen molar-refractivity contribution in [3.8, 4) is 6.07 Å². The maximum absolute atomic E-state index is 9.08. The third-order valence-electron chi connectivity index (χ3n) is 3.40. The van der Waals surface area contributed by atoms with Gasteiger partial charge < -0.3 is 5.32 Å². The zero-order chi connectivity index (χ0) is 14.1. The summed E-state index contributed by atoms with van der Waals surface area (Å²) in [7, 11) is 0. The van der Waals surface area contributed by atoms with Gasteiger partial charge in [-0.1, -0.05) is 51.7 Å². The third-order valence-corrected chi connectivity index (χ3v) is 3.40. The van der Waals surface area contributed by atoms with E-state index in [2.05, 4.69) is 25.2 Å². The average Bonchev–Trinajstić information content (AvgIpc) is 2.38. The summed E-state index contributed by atoms with van der Waals surface area (Å²) in [5, 5.41) is 12.5. The maximum atomic E-state index is 9.08. The van der Waals surface area contributed by atoms with Gasteiger partial charge in [0.25, 0.3) is 0 Å². The zero-order valence-corrected chi connectivity index (χ0v) is 12.5. The Bertz CT molecular complexity index is 416. The van der Waals surface area contributed by atoms with Crippen molar-refractivity contribution in [1.82, 2.24) is 0 Å². The molecule has 0 fully saturated rings. The highest BCUT2D eigenvalue weighted by atomic mass is 14.9. The molecular weight excluding hydrogens is 232 g/mol. The first-order valence-corrected chi connectivity index (χ1v) is 7.38. The summed E-state index contributed by atoms with van der Waals surface area (Å²) in [6.07, 6.45) is 6.44. The van der Waals surface area contributed by atoms with Gasteiger partial charge >= 0.3 is 0 Å². The van der Waals surface area contributed by atoms with Crippen LogP contribution in [0.1, 0.15) is 57.1 Å². The van der Waals surface area contributed by atoms with Crippen molar-refractivity contribution < 1.29 is 0 Å². The molecular formula is C17H26N2. The Balaban J connectivity index is 2.25. The molecule has 2 heteroatoms. The molecule has 1 aromatic rings. The van der Waals surface area contributed by atoms with Crippen LogP contribution < -0.4 is 5.32 Å². The first kappa shape index (κ1) is 15.6. The van der Waals surface area contributed by atoms with E-state index in [0.29, 0.717) is 0 Å². The van der Waals surface area contributed by atoms with Crippen LogP contribution in [0, 0.1) is 24.2 Å². The van der Waals surface area contributed by atoms with E-state index < -0.39 is 0 Å². The Kier molecular flexibility index (Phi) is 7.03. The molecule has 1 aromatic carbocycles. The van der Waals surface area contributed by atoms with Crippen LogP contribution in [0.25, 0.3) is 0 Å². The van der Waals surface area contributed by atoms with Gasteiger partial charge in [0.15, 0.2) is 0 Å². The van der Waals surface area contributed by atoms with Crippen molar-refractivity contribution in [2.75, 3.05) is 11.9 Å². The molecule has 0 spiro atoms. The van der Waals surface area contributed by atoms with Crippen molar-refractivity contribution in [2.45, 2.75) is 52.9 Å². The highest BCUT2D eigenvalue weighted by Crippen LogP contribution is 2.19. The molecule has 0 radical (unpaired) electrons. The lowest BCUT2D eigenvalue weighted by Gasteiger charge is -2.11. The van der Waals surface area contributed by atoms with Crippen LogP contribution >= 0.6 is 0 Å². The van der Waals surface area contributed by atoms with Crippen LogP contribution in [-0.4, -0.2) is 6.54 Å². The number of hydrogen-bond acceptors (Lipinski definition) is 2. The zero-order valence-electron chi connectivity index (χ0n) is 12.5. The number of rotatable bonds is 8. The lowest BCUT2D eigenvalue weighted by molar-refractivity contribution is 0.523. The van der Waals surface area contributed by atoms with Crippen molar-refractivity contribution in [3.63, 3.8) is 0 Å². The summed E-state index contributed by atoms with van der Waals surface area (Å²) < 4.78 is 0. The number of para-hydroxylation sites is 1. The number of anilines is 1.